The first-order valence-electron chi connectivity index (χ1n) is 4.79. The van der Waals surface area contributed by atoms with Crippen LogP contribution >= 0.6 is 0 Å². The van der Waals surface area contributed by atoms with Crippen LogP contribution in [0.4, 0.5) is 0 Å². The summed E-state index contributed by atoms with van der Waals surface area (Å²) in [4.78, 5) is 13.3. The van der Waals surface area contributed by atoms with E-state index in [1.54, 1.807) is 0 Å². The summed E-state index contributed by atoms with van der Waals surface area (Å²) in [6, 6.07) is 0. The highest BCUT2D eigenvalue weighted by atomic mass is 16.2. The lowest BCUT2D eigenvalue weighted by molar-refractivity contribution is -0.869. The number of nitrogens with zero attached hydrogens (tertiary/aromatic N) is 2. The maximum absolute atomic E-state index is 11.5. The zero-order valence-electron chi connectivity index (χ0n) is 9.79. The van der Waals surface area contributed by atoms with Gasteiger partial charge in [0.1, 0.15) is 0 Å². The van der Waals surface area contributed by atoms with E-state index in [0.717, 1.165) is 17.6 Å². The maximum Gasteiger partial charge on any atom is 0.225 e. The molecule has 0 radical (unpaired) electrons. The van der Waals surface area contributed by atoms with Gasteiger partial charge in [-0.05, 0) is 0 Å². The fraction of sp³-hybridized carbons (Fsp3) is 0.900. The Morgan fingerprint density at radius 2 is 1.77 bits per heavy atom. The van der Waals surface area contributed by atoms with E-state index in [2.05, 4.69) is 21.1 Å². The van der Waals surface area contributed by atoms with E-state index in [1.165, 1.54) is 0 Å². The Labute approximate surface area is 81.9 Å². The lowest BCUT2D eigenvalue weighted by Crippen LogP contribution is -2.43. The molecule has 78 valence electrons. The van der Waals surface area contributed by atoms with E-state index < -0.39 is 0 Å². The smallest absolute Gasteiger partial charge is 0.225 e. The second kappa shape index (κ2) is 4.61. The van der Waals surface area contributed by atoms with Crippen molar-refractivity contribution in [3.63, 3.8) is 0 Å². The Morgan fingerprint density at radius 1 is 1.31 bits per heavy atom. The fourth-order valence-corrected chi connectivity index (χ4v) is 1.00. The van der Waals surface area contributed by atoms with Gasteiger partial charge in [-0.15, -0.1) is 0 Å². The zero-order chi connectivity index (χ0) is 10.6. The van der Waals surface area contributed by atoms with Crippen LogP contribution in [0.3, 0.4) is 0 Å². The number of carbonyl (C=O) groups excluding carboxylic acids is 1. The van der Waals surface area contributed by atoms with Crippen molar-refractivity contribution < 1.29 is 9.28 Å². The van der Waals surface area contributed by atoms with E-state index in [-0.39, 0.29) is 11.8 Å². The molecule has 0 spiro atoms. The molecule has 0 aromatic rings. The molecule has 0 aliphatic carbocycles. The molecule has 3 nitrogen and oxygen atoms in total. The molecule has 3 heteroatoms. The third-order valence-corrected chi connectivity index (χ3v) is 1.98. The lowest BCUT2D eigenvalue weighted by Gasteiger charge is -2.27. The Hall–Kier alpha value is -0.570. The minimum atomic E-state index is 0.109. The summed E-state index contributed by atoms with van der Waals surface area (Å²) in [5, 5.41) is 0. The highest BCUT2D eigenvalue weighted by Crippen LogP contribution is 1.99. The quantitative estimate of drug-likeness (QED) is 0.596. The minimum absolute atomic E-state index is 0.109. The van der Waals surface area contributed by atoms with Crippen molar-refractivity contribution in [1.29, 1.82) is 0 Å². The van der Waals surface area contributed by atoms with Crippen molar-refractivity contribution in [1.82, 2.24) is 4.90 Å². The molecule has 0 aromatic carbocycles. The van der Waals surface area contributed by atoms with Crippen LogP contribution < -0.4 is 0 Å². The highest BCUT2D eigenvalue weighted by molar-refractivity contribution is 5.77. The Kier molecular flexibility index (Phi) is 4.40. The largest absolute Gasteiger partial charge is 0.340 e. The molecule has 1 amide bonds. The molecular weight excluding hydrogens is 164 g/mol. The Balaban J connectivity index is 3.88. The standard InChI is InChI=1S/C10H23N2O/c1-9(2)10(13)11(3)7-8-12(4,5)6/h9H,7-8H2,1-6H3/q+1. The van der Waals surface area contributed by atoms with Crippen molar-refractivity contribution in [2.24, 2.45) is 5.92 Å². The molecule has 0 N–H and O–H groups in total. The summed E-state index contributed by atoms with van der Waals surface area (Å²) in [6.45, 7) is 5.70. The average molecular weight is 187 g/mol. The van der Waals surface area contributed by atoms with Gasteiger partial charge < -0.3 is 9.38 Å². The van der Waals surface area contributed by atoms with Gasteiger partial charge >= 0.3 is 0 Å². The number of hydrogen-bond acceptors (Lipinski definition) is 1. The van der Waals surface area contributed by atoms with Gasteiger partial charge in [-0.2, -0.15) is 0 Å². The first-order valence-corrected chi connectivity index (χ1v) is 4.79. The maximum atomic E-state index is 11.5. The van der Waals surface area contributed by atoms with Gasteiger partial charge in [0, 0.05) is 13.0 Å². The van der Waals surface area contributed by atoms with Crippen LogP contribution in [0.25, 0.3) is 0 Å². The molecule has 0 aliphatic heterocycles. The molecule has 0 rings (SSSR count). The van der Waals surface area contributed by atoms with Gasteiger partial charge in [0.15, 0.2) is 0 Å². The third-order valence-electron chi connectivity index (χ3n) is 1.98. The van der Waals surface area contributed by atoms with E-state index in [0.29, 0.717) is 0 Å². The minimum Gasteiger partial charge on any atom is -0.340 e. The van der Waals surface area contributed by atoms with Gasteiger partial charge in [-0.25, -0.2) is 0 Å². The molecule has 0 atom stereocenters. The van der Waals surface area contributed by atoms with Crippen molar-refractivity contribution in [3.8, 4) is 0 Å². The van der Waals surface area contributed by atoms with Crippen molar-refractivity contribution in [2.45, 2.75) is 13.8 Å². The Morgan fingerprint density at radius 3 is 2.08 bits per heavy atom. The molecule has 0 fully saturated rings. The SMILES string of the molecule is CC(C)C(=O)N(C)CC[N+](C)(C)C. The number of amides is 1. The van der Waals surface area contributed by atoms with E-state index >= 15 is 0 Å². The van der Waals surface area contributed by atoms with E-state index in [9.17, 15) is 4.79 Å². The molecule has 0 aromatic heterocycles. The predicted molar refractivity (Wildman–Crippen MR) is 55.4 cm³/mol. The van der Waals surface area contributed by atoms with Crippen LogP contribution in [0.1, 0.15) is 13.8 Å². The zero-order valence-corrected chi connectivity index (χ0v) is 9.79. The Bertz CT molecular complexity index is 170. The molecule has 13 heavy (non-hydrogen) atoms. The fourth-order valence-electron chi connectivity index (χ4n) is 1.00. The van der Waals surface area contributed by atoms with Crippen LogP contribution in [0.15, 0.2) is 0 Å². The molecular formula is C10H23N2O+. The topological polar surface area (TPSA) is 20.3 Å². The van der Waals surface area contributed by atoms with Gasteiger partial charge in [0.05, 0.1) is 34.2 Å². The van der Waals surface area contributed by atoms with Gasteiger partial charge in [-0.1, -0.05) is 13.8 Å². The predicted octanol–water partition coefficient (Wildman–Crippen LogP) is 0.807. The number of carbonyl (C=O) groups is 1. The van der Waals surface area contributed by atoms with Gasteiger partial charge in [-0.3, -0.25) is 4.79 Å². The van der Waals surface area contributed by atoms with Crippen molar-refractivity contribution >= 4 is 5.91 Å². The van der Waals surface area contributed by atoms with Crippen LogP contribution in [-0.4, -0.2) is 56.6 Å². The van der Waals surface area contributed by atoms with Gasteiger partial charge in [0.25, 0.3) is 0 Å². The number of hydrogen-bond donors (Lipinski definition) is 0. The van der Waals surface area contributed by atoms with Crippen LogP contribution in [-0.2, 0) is 4.79 Å². The summed E-state index contributed by atoms with van der Waals surface area (Å²) >= 11 is 0. The monoisotopic (exact) mass is 187 g/mol. The first-order chi connectivity index (χ1) is 5.74. The molecule has 0 heterocycles. The van der Waals surface area contributed by atoms with Crippen LogP contribution in [0, 0.1) is 5.92 Å². The lowest BCUT2D eigenvalue weighted by atomic mass is 10.2. The van der Waals surface area contributed by atoms with Gasteiger partial charge in [0.2, 0.25) is 5.91 Å². The second-order valence-electron chi connectivity index (χ2n) is 4.93. The summed E-state index contributed by atoms with van der Waals surface area (Å²) in [5.74, 6) is 0.339. The number of rotatable bonds is 4. The summed E-state index contributed by atoms with van der Waals surface area (Å²) in [5.41, 5.74) is 0. The normalized spacial score (nSPS) is 11.9. The summed E-state index contributed by atoms with van der Waals surface area (Å²) < 4.78 is 0.899. The molecule has 0 aliphatic rings. The number of quaternary nitrogens is 1. The molecule has 0 bridgehead atoms. The molecule has 0 unspecified atom stereocenters. The number of likely N-dealkylation sites (N-methyl/N-ethyl adjacent to an activating group) is 2. The average Bonchev–Trinajstić information content (AvgIpc) is 1.97. The van der Waals surface area contributed by atoms with Crippen molar-refractivity contribution in [3.05, 3.63) is 0 Å². The third kappa shape index (κ3) is 5.64. The summed E-state index contributed by atoms with van der Waals surface area (Å²) in [7, 11) is 8.27. The second-order valence-corrected chi connectivity index (χ2v) is 4.93. The van der Waals surface area contributed by atoms with Crippen molar-refractivity contribution in [2.75, 3.05) is 41.3 Å². The van der Waals surface area contributed by atoms with Crippen LogP contribution in [0.2, 0.25) is 0 Å². The highest BCUT2D eigenvalue weighted by Gasteiger charge is 2.15. The van der Waals surface area contributed by atoms with Crippen LogP contribution in [0.5, 0.6) is 0 Å². The molecule has 0 saturated carbocycles. The van der Waals surface area contributed by atoms with E-state index in [1.807, 2.05) is 25.8 Å². The van der Waals surface area contributed by atoms with E-state index in [4.69, 9.17) is 0 Å². The first kappa shape index (κ1) is 12.4. The summed E-state index contributed by atoms with van der Waals surface area (Å²) in [6.07, 6.45) is 0. The molecule has 0 saturated heterocycles.